The molecule has 0 unspecified atom stereocenters. The minimum absolute atomic E-state index is 0.116. The summed E-state index contributed by atoms with van der Waals surface area (Å²) < 4.78 is 4.94. The molecule has 248 valence electrons. The second kappa shape index (κ2) is 13.0. The first-order valence-corrected chi connectivity index (χ1v) is 17.8. The fraction of sp³-hybridized carbons (Fsp3) is 0.697. The zero-order chi connectivity index (χ0) is 31.9. The first-order chi connectivity index (χ1) is 22.3. The fourth-order valence-corrected chi connectivity index (χ4v) is 7.98. The topological polar surface area (TPSA) is 117 Å². The Bertz CT molecular complexity index is 1440. The molecule has 5 heterocycles. The SMILES string of the molecule is C1CCOC1.CN1C(=O)C2(CC2)CN(C2CCCC2)c2nc(Cl)ncc21.O=C1Nc2cnc(Cl)nc2N(C2CCCC2)CC12CC2. The van der Waals surface area contributed by atoms with E-state index in [0.717, 1.165) is 69.3 Å². The Balaban J connectivity index is 0.000000128. The van der Waals surface area contributed by atoms with Crippen LogP contribution in [0.5, 0.6) is 0 Å². The van der Waals surface area contributed by atoms with Crippen LogP contribution in [0.1, 0.15) is 89.9 Å². The summed E-state index contributed by atoms with van der Waals surface area (Å²) in [5.74, 6) is 1.95. The van der Waals surface area contributed by atoms with Crippen LogP contribution in [-0.4, -0.2) is 77.2 Å². The minimum atomic E-state index is -0.213. The Hall–Kier alpha value is -2.76. The molecule has 7 aliphatic rings. The molecule has 2 aromatic heterocycles. The Morgan fingerprint density at radius 3 is 1.83 bits per heavy atom. The van der Waals surface area contributed by atoms with Crippen LogP contribution in [-0.2, 0) is 14.3 Å². The highest BCUT2D eigenvalue weighted by molar-refractivity contribution is 6.28. The number of rotatable bonds is 2. The molecule has 11 nitrogen and oxygen atoms in total. The van der Waals surface area contributed by atoms with Crippen molar-refractivity contribution in [2.45, 2.75) is 102 Å². The zero-order valence-electron chi connectivity index (χ0n) is 26.6. The van der Waals surface area contributed by atoms with Gasteiger partial charge >= 0.3 is 0 Å². The lowest BCUT2D eigenvalue weighted by Gasteiger charge is -2.31. The molecule has 2 aromatic rings. The fourth-order valence-electron chi connectivity index (χ4n) is 7.72. The van der Waals surface area contributed by atoms with E-state index >= 15 is 0 Å². The van der Waals surface area contributed by atoms with Gasteiger partial charge in [0.1, 0.15) is 11.4 Å². The van der Waals surface area contributed by atoms with Gasteiger partial charge in [-0.3, -0.25) is 9.59 Å². The van der Waals surface area contributed by atoms with Gasteiger partial charge in [0.05, 0.1) is 23.2 Å². The monoisotopic (exact) mass is 670 g/mol. The molecule has 4 aliphatic carbocycles. The van der Waals surface area contributed by atoms with Gasteiger partial charge in [0.25, 0.3) is 0 Å². The summed E-state index contributed by atoms with van der Waals surface area (Å²) in [6, 6.07) is 0.955. The number of carbonyl (C=O) groups excluding carboxylic acids is 2. The zero-order valence-corrected chi connectivity index (χ0v) is 28.2. The van der Waals surface area contributed by atoms with Crippen molar-refractivity contribution in [3.05, 3.63) is 23.0 Å². The molecule has 2 amide bonds. The highest BCUT2D eigenvalue weighted by atomic mass is 35.5. The number of carbonyl (C=O) groups is 2. The van der Waals surface area contributed by atoms with E-state index in [0.29, 0.717) is 17.8 Å². The second-order valence-corrected chi connectivity index (χ2v) is 14.7. The maximum Gasteiger partial charge on any atom is 0.234 e. The molecule has 0 radical (unpaired) electrons. The van der Waals surface area contributed by atoms with Gasteiger partial charge in [-0.2, -0.15) is 9.97 Å². The number of fused-ring (bicyclic) bond motifs is 2. The summed E-state index contributed by atoms with van der Waals surface area (Å²) in [6.45, 7) is 3.55. The number of anilines is 4. The van der Waals surface area contributed by atoms with E-state index in [-0.39, 0.29) is 33.2 Å². The lowest BCUT2D eigenvalue weighted by molar-refractivity contribution is -0.123. The number of nitrogens with zero attached hydrogens (tertiary/aromatic N) is 7. The first-order valence-electron chi connectivity index (χ1n) is 17.0. The molecule has 1 N–H and O–H groups in total. The van der Waals surface area contributed by atoms with E-state index in [2.05, 4.69) is 35.1 Å². The van der Waals surface area contributed by atoms with E-state index in [1.54, 1.807) is 17.3 Å². The van der Waals surface area contributed by atoms with Gasteiger partial charge in [0.15, 0.2) is 11.6 Å². The van der Waals surface area contributed by atoms with Crippen molar-refractivity contribution >= 4 is 58.0 Å². The van der Waals surface area contributed by atoms with E-state index in [4.69, 9.17) is 27.9 Å². The summed E-state index contributed by atoms with van der Waals surface area (Å²) in [5.41, 5.74) is 1.08. The molecule has 3 aliphatic heterocycles. The van der Waals surface area contributed by atoms with Crippen molar-refractivity contribution in [3.8, 4) is 0 Å². The Kier molecular flexibility index (Phi) is 9.02. The second-order valence-electron chi connectivity index (χ2n) is 14.1. The van der Waals surface area contributed by atoms with Crippen LogP contribution in [0.3, 0.4) is 0 Å². The van der Waals surface area contributed by atoms with E-state index in [9.17, 15) is 9.59 Å². The van der Waals surface area contributed by atoms with E-state index < -0.39 is 0 Å². The van der Waals surface area contributed by atoms with Crippen LogP contribution in [0.25, 0.3) is 0 Å². The average Bonchev–Trinajstić information content (AvgIpc) is 3.68. The summed E-state index contributed by atoms with van der Waals surface area (Å²) in [6.07, 6.45) is 19.5. The molecule has 9 rings (SSSR count). The molecule has 13 heteroatoms. The van der Waals surface area contributed by atoms with Crippen molar-refractivity contribution < 1.29 is 14.3 Å². The molecule has 4 saturated carbocycles. The Morgan fingerprint density at radius 1 is 0.761 bits per heavy atom. The van der Waals surface area contributed by atoms with Crippen molar-refractivity contribution in [2.75, 3.05) is 53.4 Å². The van der Waals surface area contributed by atoms with Crippen LogP contribution >= 0.6 is 23.2 Å². The van der Waals surface area contributed by atoms with Crippen LogP contribution in [0.2, 0.25) is 10.6 Å². The summed E-state index contributed by atoms with van der Waals surface area (Å²) in [5, 5.41) is 3.49. The molecule has 1 saturated heterocycles. The van der Waals surface area contributed by atoms with Gasteiger partial charge in [-0.15, -0.1) is 0 Å². The van der Waals surface area contributed by atoms with Crippen LogP contribution < -0.4 is 20.0 Å². The van der Waals surface area contributed by atoms with Gasteiger partial charge < -0.3 is 24.8 Å². The maximum absolute atomic E-state index is 12.7. The van der Waals surface area contributed by atoms with Crippen LogP contribution in [0.4, 0.5) is 23.0 Å². The minimum Gasteiger partial charge on any atom is -0.381 e. The van der Waals surface area contributed by atoms with E-state index in [1.165, 1.54) is 64.2 Å². The van der Waals surface area contributed by atoms with Gasteiger partial charge in [-0.1, -0.05) is 25.7 Å². The molecular weight excluding hydrogens is 627 g/mol. The molecule has 0 bridgehead atoms. The smallest absolute Gasteiger partial charge is 0.234 e. The van der Waals surface area contributed by atoms with Crippen molar-refractivity contribution in [1.82, 2.24) is 19.9 Å². The van der Waals surface area contributed by atoms with Gasteiger partial charge in [-0.05, 0) is 87.4 Å². The number of halogens is 2. The predicted molar refractivity (Wildman–Crippen MR) is 179 cm³/mol. The normalized spacial score (nSPS) is 24.4. The number of ether oxygens (including phenoxy) is 1. The quantitative estimate of drug-likeness (QED) is 0.382. The summed E-state index contributed by atoms with van der Waals surface area (Å²) >= 11 is 12.0. The third kappa shape index (κ3) is 6.39. The third-order valence-corrected chi connectivity index (χ3v) is 11.2. The van der Waals surface area contributed by atoms with Gasteiger partial charge in [-0.25, -0.2) is 9.97 Å². The lowest BCUT2D eigenvalue weighted by Crippen LogP contribution is -2.41. The van der Waals surface area contributed by atoms with Crippen molar-refractivity contribution in [3.63, 3.8) is 0 Å². The highest BCUT2D eigenvalue weighted by Crippen LogP contribution is 2.53. The van der Waals surface area contributed by atoms with Gasteiger partial charge in [0, 0.05) is 45.4 Å². The number of hydrogen-bond acceptors (Lipinski definition) is 9. The number of aromatic nitrogens is 4. The van der Waals surface area contributed by atoms with Crippen LogP contribution in [0, 0.1) is 10.8 Å². The molecule has 0 atom stereocenters. The average molecular weight is 672 g/mol. The molecule has 46 heavy (non-hydrogen) atoms. The van der Waals surface area contributed by atoms with Crippen molar-refractivity contribution in [1.29, 1.82) is 0 Å². The highest BCUT2D eigenvalue weighted by Gasteiger charge is 2.56. The third-order valence-electron chi connectivity index (χ3n) is 10.9. The van der Waals surface area contributed by atoms with Crippen LogP contribution in [0.15, 0.2) is 12.4 Å². The van der Waals surface area contributed by atoms with E-state index in [1.807, 2.05) is 7.05 Å². The van der Waals surface area contributed by atoms with Gasteiger partial charge in [0.2, 0.25) is 22.4 Å². The standard InChI is InChI=1S/C15H19ClN4O.C14H17ClN4O.C4H8O/c1-19-11-8-17-14(16)18-12(11)20(10-4-2-3-5-10)9-15(6-7-15)13(19)21;15-13-16-7-10-11(18-13)19(9-3-1-2-4-9)8-14(5-6-14)12(20)17-10;1-2-4-5-3-1/h8,10H,2-7,9H2,1H3;7,9H,1-6,8H2,(H,17,20);1-4H2. The molecule has 5 fully saturated rings. The molecule has 2 spiro atoms. The largest absolute Gasteiger partial charge is 0.381 e. The first kappa shape index (κ1) is 31.8. The number of hydrogen-bond donors (Lipinski definition) is 1. The summed E-state index contributed by atoms with van der Waals surface area (Å²) in [7, 11) is 1.83. The van der Waals surface area contributed by atoms with Crippen molar-refractivity contribution in [2.24, 2.45) is 10.8 Å². The summed E-state index contributed by atoms with van der Waals surface area (Å²) in [4.78, 5) is 48.5. The lowest BCUT2D eigenvalue weighted by atomic mass is 10.0. The Morgan fingerprint density at radius 2 is 1.28 bits per heavy atom. The molecule has 0 aromatic carbocycles. The predicted octanol–water partition coefficient (Wildman–Crippen LogP) is 6.04. The maximum atomic E-state index is 12.7. The Labute approximate surface area is 280 Å². The molecular formula is C33H44Cl2N8O3. The number of amides is 2. The number of nitrogens with one attached hydrogen (secondary N) is 1.